The van der Waals surface area contributed by atoms with Gasteiger partial charge in [0.25, 0.3) is 0 Å². The summed E-state index contributed by atoms with van der Waals surface area (Å²) in [6, 6.07) is 0. The molecule has 7 nitrogen and oxygen atoms in total. The van der Waals surface area contributed by atoms with Gasteiger partial charge in [0.15, 0.2) is 5.96 Å². The number of nitrogens with zero attached hydrogens (tertiary/aromatic N) is 3. The number of rotatable bonds is 8. The van der Waals surface area contributed by atoms with Crippen LogP contribution < -0.4 is 10.6 Å². The molecule has 1 aliphatic rings. The van der Waals surface area contributed by atoms with E-state index in [2.05, 4.69) is 25.5 Å². The fourth-order valence-corrected chi connectivity index (χ4v) is 2.99. The van der Waals surface area contributed by atoms with Gasteiger partial charge in [-0.2, -0.15) is 0 Å². The molecule has 1 saturated heterocycles. The van der Waals surface area contributed by atoms with Gasteiger partial charge in [-0.1, -0.05) is 0 Å². The van der Waals surface area contributed by atoms with Gasteiger partial charge in [0.2, 0.25) is 5.89 Å². The first-order valence-corrected chi connectivity index (χ1v) is 9.29. The number of ether oxygens (including phenoxy) is 1. The predicted molar refractivity (Wildman–Crippen MR) is 99.8 cm³/mol. The number of hydrogen-bond acceptors (Lipinski definition) is 5. The van der Waals surface area contributed by atoms with Crippen LogP contribution in [-0.4, -0.2) is 62.3 Å². The maximum atomic E-state index is 5.69. The third-order valence-corrected chi connectivity index (χ3v) is 4.66. The smallest absolute Gasteiger partial charge is 0.208 e. The van der Waals surface area contributed by atoms with Crippen LogP contribution in [0.2, 0.25) is 0 Å². The molecule has 2 N–H and O–H groups in total. The minimum Gasteiger partial charge on any atom is -0.444 e. The van der Waals surface area contributed by atoms with E-state index in [1.165, 1.54) is 12.8 Å². The van der Waals surface area contributed by atoms with E-state index in [1.54, 1.807) is 7.05 Å². The highest BCUT2D eigenvalue weighted by atomic mass is 16.5. The summed E-state index contributed by atoms with van der Waals surface area (Å²) in [5.74, 6) is 3.30. The molecule has 1 aromatic rings. The molecule has 1 aliphatic heterocycles. The zero-order valence-electron chi connectivity index (χ0n) is 16.1. The molecule has 2 heterocycles. The van der Waals surface area contributed by atoms with E-state index >= 15 is 0 Å². The van der Waals surface area contributed by atoms with Gasteiger partial charge in [0.1, 0.15) is 5.76 Å². The summed E-state index contributed by atoms with van der Waals surface area (Å²) in [4.78, 5) is 11.2. The van der Waals surface area contributed by atoms with Gasteiger partial charge in [-0.15, -0.1) is 0 Å². The van der Waals surface area contributed by atoms with Gasteiger partial charge >= 0.3 is 0 Å². The van der Waals surface area contributed by atoms with E-state index in [9.17, 15) is 0 Å². The number of likely N-dealkylation sites (tertiary alicyclic amines) is 1. The molecule has 1 aromatic heterocycles. The second-order valence-electron chi connectivity index (χ2n) is 6.55. The fourth-order valence-electron chi connectivity index (χ4n) is 2.99. The Labute approximate surface area is 151 Å². The van der Waals surface area contributed by atoms with Gasteiger partial charge in [0, 0.05) is 26.7 Å². The Hall–Kier alpha value is -1.60. The number of hydrogen-bond donors (Lipinski definition) is 2. The van der Waals surface area contributed by atoms with E-state index in [-0.39, 0.29) is 0 Å². The first kappa shape index (κ1) is 19.7. The Morgan fingerprint density at radius 3 is 2.68 bits per heavy atom. The lowest BCUT2D eigenvalue weighted by atomic mass is 9.97. The Kier molecular flexibility index (Phi) is 8.21. The Bertz CT molecular complexity index is 516. The minimum absolute atomic E-state index is 0.676. The van der Waals surface area contributed by atoms with Crippen LogP contribution in [0.25, 0.3) is 0 Å². The van der Waals surface area contributed by atoms with Crippen molar-refractivity contribution in [1.82, 2.24) is 20.5 Å². The average molecular weight is 351 g/mol. The molecule has 0 radical (unpaired) electrons. The van der Waals surface area contributed by atoms with Gasteiger partial charge in [0.05, 0.1) is 18.8 Å². The molecule has 25 heavy (non-hydrogen) atoms. The average Bonchev–Trinajstić information content (AvgIpc) is 2.93. The Morgan fingerprint density at radius 1 is 1.32 bits per heavy atom. The molecule has 7 heteroatoms. The van der Waals surface area contributed by atoms with Crippen molar-refractivity contribution in [2.75, 3.05) is 46.4 Å². The molecule has 1 fully saturated rings. The molecule has 0 bridgehead atoms. The third-order valence-electron chi connectivity index (χ3n) is 4.66. The number of aryl methyl sites for hydroxylation is 2. The highest BCUT2D eigenvalue weighted by Crippen LogP contribution is 2.19. The minimum atomic E-state index is 0.676. The quantitative estimate of drug-likeness (QED) is 0.422. The summed E-state index contributed by atoms with van der Waals surface area (Å²) in [7, 11) is 1.80. The summed E-state index contributed by atoms with van der Waals surface area (Å²) in [6.45, 7) is 12.1. The molecule has 0 unspecified atom stereocenters. The molecule has 2 rings (SSSR count). The van der Waals surface area contributed by atoms with Gasteiger partial charge in [-0.05, 0) is 52.6 Å². The first-order chi connectivity index (χ1) is 12.1. The lowest BCUT2D eigenvalue weighted by molar-refractivity contribution is 0.152. The van der Waals surface area contributed by atoms with Crippen molar-refractivity contribution in [3.8, 4) is 0 Å². The van der Waals surface area contributed by atoms with Crippen LogP contribution in [0.5, 0.6) is 0 Å². The highest BCUT2D eigenvalue weighted by molar-refractivity contribution is 5.79. The van der Waals surface area contributed by atoms with E-state index in [1.807, 2.05) is 20.8 Å². The topological polar surface area (TPSA) is 74.9 Å². The van der Waals surface area contributed by atoms with E-state index in [0.29, 0.717) is 12.5 Å². The molecule has 0 amide bonds. The van der Waals surface area contributed by atoms with Crippen molar-refractivity contribution in [1.29, 1.82) is 0 Å². The molecule has 0 aromatic carbocycles. The van der Waals surface area contributed by atoms with Crippen LogP contribution in [-0.2, 0) is 11.3 Å². The predicted octanol–water partition coefficient (Wildman–Crippen LogP) is 1.70. The number of guanidine groups is 1. The summed E-state index contributed by atoms with van der Waals surface area (Å²) < 4.78 is 11.0. The lowest BCUT2D eigenvalue weighted by Crippen LogP contribution is -2.43. The van der Waals surface area contributed by atoms with Crippen molar-refractivity contribution < 1.29 is 9.15 Å². The van der Waals surface area contributed by atoms with Gasteiger partial charge < -0.3 is 19.8 Å². The van der Waals surface area contributed by atoms with Crippen LogP contribution in [0.3, 0.4) is 0 Å². The highest BCUT2D eigenvalue weighted by Gasteiger charge is 2.21. The van der Waals surface area contributed by atoms with Crippen LogP contribution >= 0.6 is 0 Å². The van der Waals surface area contributed by atoms with Gasteiger partial charge in [-0.25, -0.2) is 4.98 Å². The maximum absolute atomic E-state index is 5.69. The molecule has 142 valence electrons. The van der Waals surface area contributed by atoms with Crippen LogP contribution in [0, 0.1) is 19.8 Å². The first-order valence-electron chi connectivity index (χ1n) is 9.29. The molecule has 0 saturated carbocycles. The maximum Gasteiger partial charge on any atom is 0.208 e. The molecular formula is C18H33N5O2. The van der Waals surface area contributed by atoms with Crippen molar-refractivity contribution in [3.05, 3.63) is 17.3 Å². The van der Waals surface area contributed by atoms with Crippen molar-refractivity contribution in [2.45, 2.75) is 40.2 Å². The number of aromatic nitrogens is 1. The van der Waals surface area contributed by atoms with Crippen molar-refractivity contribution in [2.24, 2.45) is 10.9 Å². The van der Waals surface area contributed by atoms with E-state index in [0.717, 1.165) is 62.6 Å². The normalized spacial score (nSPS) is 17.0. The standard InChI is InChI=1S/C18H33N5O2/c1-5-24-11-8-20-18(19-4)21-12-16-6-9-23(10-7-16)13-17-22-14(2)15(3)25-17/h16H,5-13H2,1-4H3,(H2,19,20,21). The van der Waals surface area contributed by atoms with Crippen LogP contribution in [0.4, 0.5) is 0 Å². The van der Waals surface area contributed by atoms with Gasteiger partial charge in [-0.3, -0.25) is 9.89 Å². The second-order valence-corrected chi connectivity index (χ2v) is 6.55. The van der Waals surface area contributed by atoms with Crippen molar-refractivity contribution >= 4 is 5.96 Å². The van der Waals surface area contributed by atoms with Crippen LogP contribution in [0.15, 0.2) is 9.41 Å². The summed E-state index contributed by atoms with van der Waals surface area (Å²) in [5, 5.41) is 6.70. The molecular weight excluding hydrogens is 318 g/mol. The summed E-state index contributed by atoms with van der Waals surface area (Å²) in [6.07, 6.45) is 2.36. The Morgan fingerprint density at radius 2 is 2.08 bits per heavy atom. The molecule has 0 aliphatic carbocycles. The summed E-state index contributed by atoms with van der Waals surface area (Å²) >= 11 is 0. The number of aliphatic imine (C=N–C) groups is 1. The number of oxazole rings is 1. The SMILES string of the molecule is CCOCCNC(=NC)NCC1CCN(Cc2nc(C)c(C)o2)CC1. The Balaban J connectivity index is 1.64. The number of nitrogens with one attached hydrogen (secondary N) is 2. The fraction of sp³-hybridized carbons (Fsp3) is 0.778. The zero-order chi connectivity index (χ0) is 18.1. The third kappa shape index (κ3) is 6.66. The second kappa shape index (κ2) is 10.4. The molecule has 0 atom stereocenters. The largest absolute Gasteiger partial charge is 0.444 e. The van der Waals surface area contributed by atoms with E-state index in [4.69, 9.17) is 9.15 Å². The van der Waals surface area contributed by atoms with E-state index < -0.39 is 0 Å². The van der Waals surface area contributed by atoms with Crippen LogP contribution in [0.1, 0.15) is 37.1 Å². The number of piperidine rings is 1. The van der Waals surface area contributed by atoms with Crippen molar-refractivity contribution in [3.63, 3.8) is 0 Å². The lowest BCUT2D eigenvalue weighted by Gasteiger charge is -2.31. The monoisotopic (exact) mass is 351 g/mol. The summed E-state index contributed by atoms with van der Waals surface area (Å²) in [5.41, 5.74) is 0.998. The molecule has 0 spiro atoms. The zero-order valence-corrected chi connectivity index (χ0v) is 16.1.